The maximum absolute atomic E-state index is 11.7. The van der Waals surface area contributed by atoms with Crippen molar-refractivity contribution in [1.82, 2.24) is 0 Å². The smallest absolute Gasteiger partial charge is 0.230 e. The summed E-state index contributed by atoms with van der Waals surface area (Å²) in [6, 6.07) is 15.2. The van der Waals surface area contributed by atoms with Gasteiger partial charge in [0.15, 0.2) is 0 Å². The van der Waals surface area contributed by atoms with Crippen molar-refractivity contribution in [3.8, 4) is 11.1 Å². The number of benzene rings is 2. The molecule has 0 unspecified atom stereocenters. The van der Waals surface area contributed by atoms with Gasteiger partial charge in [0.1, 0.15) is 5.75 Å². The van der Waals surface area contributed by atoms with Crippen LogP contribution in [0.4, 0.5) is 0 Å². The fourth-order valence-electron chi connectivity index (χ4n) is 1.92. The topological polar surface area (TPSA) is 60.2 Å². The van der Waals surface area contributed by atoms with E-state index in [0.717, 1.165) is 16.7 Å². The molecule has 2 aromatic rings. The number of halogens is 1. The lowest BCUT2D eigenvalue weighted by molar-refractivity contribution is -0.115. The zero-order valence-corrected chi connectivity index (χ0v) is 12.3. The standard InChI is InChI=1S/C15H14ClNO2S/c16-14-7-2-1-6-13(14)12-5-3-4-11(8-12)9-20(19)10-15(17)18/h1-8H,9-10H2,(H2,17,18)/t20-/m0/s1. The van der Waals surface area contributed by atoms with Gasteiger partial charge in [-0.2, -0.15) is 0 Å². The Morgan fingerprint density at radius 1 is 1.15 bits per heavy atom. The third kappa shape index (κ3) is 3.92. The number of hydrogen-bond donors (Lipinski definition) is 1. The number of carbonyl (C=O) groups excluding carboxylic acids is 1. The summed E-state index contributed by atoms with van der Waals surface area (Å²) in [4.78, 5) is 10.7. The zero-order chi connectivity index (χ0) is 14.5. The fraction of sp³-hybridized carbons (Fsp3) is 0.133. The molecule has 2 rings (SSSR count). The molecule has 2 aromatic carbocycles. The maximum atomic E-state index is 11.7. The lowest BCUT2D eigenvalue weighted by Crippen LogP contribution is -2.20. The van der Waals surface area contributed by atoms with Crippen molar-refractivity contribution in [2.45, 2.75) is 5.75 Å². The summed E-state index contributed by atoms with van der Waals surface area (Å²) in [5.41, 5.74) is 7.82. The Bertz CT molecular complexity index is 658. The SMILES string of the molecule is NC(=O)C[S@@](=O)Cc1cccc(-c2ccccc2Cl)c1. The summed E-state index contributed by atoms with van der Waals surface area (Å²) in [5.74, 6) is -0.358. The number of nitrogens with two attached hydrogens (primary N) is 1. The molecule has 1 atom stereocenters. The van der Waals surface area contributed by atoms with Crippen LogP contribution < -0.4 is 5.73 Å². The highest BCUT2D eigenvalue weighted by Crippen LogP contribution is 2.28. The molecular weight excluding hydrogens is 294 g/mol. The average molecular weight is 308 g/mol. The van der Waals surface area contributed by atoms with Gasteiger partial charge in [-0.3, -0.25) is 9.00 Å². The first-order chi connectivity index (χ1) is 9.56. The quantitative estimate of drug-likeness (QED) is 0.923. The normalized spacial score (nSPS) is 12.1. The highest BCUT2D eigenvalue weighted by Gasteiger charge is 2.08. The lowest BCUT2D eigenvalue weighted by atomic mass is 10.0. The van der Waals surface area contributed by atoms with Gasteiger partial charge in [0.2, 0.25) is 5.91 Å². The Balaban J connectivity index is 2.23. The van der Waals surface area contributed by atoms with E-state index < -0.39 is 16.7 Å². The van der Waals surface area contributed by atoms with E-state index >= 15 is 0 Å². The van der Waals surface area contributed by atoms with Crippen molar-refractivity contribution < 1.29 is 9.00 Å². The summed E-state index contributed by atoms with van der Waals surface area (Å²) in [5, 5.41) is 0.669. The Morgan fingerprint density at radius 3 is 2.60 bits per heavy atom. The predicted molar refractivity (Wildman–Crippen MR) is 82.8 cm³/mol. The molecule has 0 aliphatic rings. The first-order valence-corrected chi connectivity index (χ1v) is 7.90. The van der Waals surface area contributed by atoms with Crippen LogP contribution >= 0.6 is 11.6 Å². The van der Waals surface area contributed by atoms with Gasteiger partial charge in [0.25, 0.3) is 0 Å². The largest absolute Gasteiger partial charge is 0.369 e. The van der Waals surface area contributed by atoms with E-state index in [1.165, 1.54) is 0 Å². The summed E-state index contributed by atoms with van der Waals surface area (Å²) in [6.45, 7) is 0. The minimum atomic E-state index is -1.28. The molecule has 104 valence electrons. The van der Waals surface area contributed by atoms with E-state index in [2.05, 4.69) is 0 Å². The van der Waals surface area contributed by atoms with Crippen molar-refractivity contribution in [3.05, 3.63) is 59.1 Å². The van der Waals surface area contributed by atoms with E-state index in [1.54, 1.807) is 0 Å². The Kier molecular flexibility index (Phi) is 4.93. The summed E-state index contributed by atoms with van der Waals surface area (Å²) < 4.78 is 11.7. The number of rotatable bonds is 5. The molecule has 0 aromatic heterocycles. The first kappa shape index (κ1) is 14.8. The minimum Gasteiger partial charge on any atom is -0.369 e. The van der Waals surface area contributed by atoms with E-state index in [9.17, 15) is 9.00 Å². The Morgan fingerprint density at radius 2 is 1.90 bits per heavy atom. The van der Waals surface area contributed by atoms with E-state index in [1.807, 2.05) is 48.5 Å². The van der Waals surface area contributed by atoms with Gasteiger partial charge in [-0.25, -0.2) is 0 Å². The van der Waals surface area contributed by atoms with Crippen molar-refractivity contribution in [1.29, 1.82) is 0 Å². The molecule has 5 heteroatoms. The van der Waals surface area contributed by atoms with Crippen LogP contribution in [0, 0.1) is 0 Å². The second kappa shape index (κ2) is 6.68. The molecule has 0 saturated carbocycles. The van der Waals surface area contributed by atoms with Crippen LogP contribution in [0.2, 0.25) is 5.02 Å². The van der Waals surface area contributed by atoms with Crippen LogP contribution in [0.1, 0.15) is 5.56 Å². The lowest BCUT2D eigenvalue weighted by Gasteiger charge is -2.07. The van der Waals surface area contributed by atoms with Crippen molar-refractivity contribution >= 4 is 28.3 Å². The molecular formula is C15H14ClNO2S. The van der Waals surface area contributed by atoms with E-state index in [4.69, 9.17) is 17.3 Å². The number of primary amides is 1. The Labute approximate surface area is 125 Å². The van der Waals surface area contributed by atoms with Gasteiger partial charge >= 0.3 is 0 Å². The number of amides is 1. The second-order valence-corrected chi connectivity index (χ2v) is 6.24. The monoisotopic (exact) mass is 307 g/mol. The molecule has 0 bridgehead atoms. The van der Waals surface area contributed by atoms with Crippen LogP contribution in [0.3, 0.4) is 0 Å². The third-order valence-electron chi connectivity index (χ3n) is 2.74. The van der Waals surface area contributed by atoms with Gasteiger partial charge in [-0.05, 0) is 17.2 Å². The molecule has 20 heavy (non-hydrogen) atoms. The zero-order valence-electron chi connectivity index (χ0n) is 10.7. The van der Waals surface area contributed by atoms with Crippen molar-refractivity contribution in [3.63, 3.8) is 0 Å². The molecule has 0 aliphatic heterocycles. The first-order valence-electron chi connectivity index (χ1n) is 6.03. The highest BCUT2D eigenvalue weighted by molar-refractivity contribution is 7.84. The summed E-state index contributed by atoms with van der Waals surface area (Å²) in [6.07, 6.45) is 0. The predicted octanol–water partition coefficient (Wildman–Crippen LogP) is 2.74. The average Bonchev–Trinajstić information content (AvgIpc) is 2.38. The van der Waals surface area contributed by atoms with Crippen LogP contribution in [-0.2, 0) is 21.3 Å². The van der Waals surface area contributed by atoms with Crippen LogP contribution in [0.25, 0.3) is 11.1 Å². The van der Waals surface area contributed by atoms with Gasteiger partial charge in [0.05, 0.1) is 0 Å². The van der Waals surface area contributed by atoms with Crippen molar-refractivity contribution in [2.24, 2.45) is 5.73 Å². The third-order valence-corrected chi connectivity index (χ3v) is 4.33. The number of hydrogen-bond acceptors (Lipinski definition) is 2. The molecule has 3 nitrogen and oxygen atoms in total. The highest BCUT2D eigenvalue weighted by atomic mass is 35.5. The van der Waals surface area contributed by atoms with Crippen LogP contribution in [-0.4, -0.2) is 15.9 Å². The molecule has 2 N–H and O–H groups in total. The maximum Gasteiger partial charge on any atom is 0.230 e. The Hall–Kier alpha value is -1.65. The molecule has 0 fully saturated rings. The van der Waals surface area contributed by atoms with Gasteiger partial charge in [-0.1, -0.05) is 54.1 Å². The molecule has 0 spiro atoms. The summed E-state index contributed by atoms with van der Waals surface area (Å²) in [7, 11) is -1.28. The van der Waals surface area contributed by atoms with Gasteiger partial charge < -0.3 is 5.73 Å². The fourth-order valence-corrected chi connectivity index (χ4v) is 3.14. The minimum absolute atomic E-state index is 0.115. The van der Waals surface area contributed by atoms with E-state index in [-0.39, 0.29) is 5.75 Å². The van der Waals surface area contributed by atoms with E-state index in [0.29, 0.717) is 10.8 Å². The second-order valence-electron chi connectivity index (χ2n) is 4.38. The van der Waals surface area contributed by atoms with Crippen LogP contribution in [0.5, 0.6) is 0 Å². The number of carbonyl (C=O) groups is 1. The van der Waals surface area contributed by atoms with Gasteiger partial charge in [-0.15, -0.1) is 0 Å². The summed E-state index contributed by atoms with van der Waals surface area (Å²) >= 11 is 6.16. The molecule has 0 radical (unpaired) electrons. The molecule has 0 heterocycles. The van der Waals surface area contributed by atoms with Crippen LogP contribution in [0.15, 0.2) is 48.5 Å². The molecule has 0 saturated heterocycles. The van der Waals surface area contributed by atoms with Crippen molar-refractivity contribution in [2.75, 3.05) is 5.75 Å². The molecule has 1 amide bonds. The van der Waals surface area contributed by atoms with Gasteiger partial charge in [0, 0.05) is 27.1 Å². The molecule has 0 aliphatic carbocycles.